The highest BCUT2D eigenvalue weighted by molar-refractivity contribution is 5.84. The van der Waals surface area contributed by atoms with Crippen molar-refractivity contribution < 1.29 is 14.3 Å². The summed E-state index contributed by atoms with van der Waals surface area (Å²) in [5.74, 6) is 0.559. The lowest BCUT2D eigenvalue weighted by Crippen LogP contribution is -2.22. The number of benzene rings is 1. The molecule has 0 radical (unpaired) electrons. The van der Waals surface area contributed by atoms with Crippen LogP contribution in [0.15, 0.2) is 65.3 Å². The van der Waals surface area contributed by atoms with Gasteiger partial charge in [0.25, 0.3) is 0 Å². The zero-order chi connectivity index (χ0) is 18.2. The van der Waals surface area contributed by atoms with E-state index in [0.717, 1.165) is 19.3 Å². The highest BCUT2D eigenvalue weighted by Gasteiger charge is 2.18. The van der Waals surface area contributed by atoms with Gasteiger partial charge in [0.2, 0.25) is 5.89 Å². The molecule has 0 spiro atoms. The second-order valence-corrected chi connectivity index (χ2v) is 6.22. The largest absolute Gasteiger partial charge is 0.439 e. The standard InChI is InChI=1S/C21H22N2O3/c24-18(12-5-4-10-16-8-2-1-3-9-16)19(25)14-21-23-15-20(26-21)17-11-6-7-13-22-17/h1-3,6-9,11,13,15,18,24H,4-5,10,12,14H2. The van der Waals surface area contributed by atoms with E-state index < -0.39 is 6.10 Å². The van der Waals surface area contributed by atoms with Gasteiger partial charge in [-0.2, -0.15) is 0 Å². The summed E-state index contributed by atoms with van der Waals surface area (Å²) in [4.78, 5) is 20.5. The molecule has 0 aliphatic carbocycles. The number of aromatic nitrogens is 2. The van der Waals surface area contributed by atoms with E-state index in [2.05, 4.69) is 22.1 Å². The molecule has 2 heterocycles. The number of aryl methyl sites for hydroxylation is 1. The second-order valence-electron chi connectivity index (χ2n) is 6.22. The number of carbonyl (C=O) groups is 1. The fraction of sp³-hybridized carbons (Fsp3) is 0.286. The Labute approximate surface area is 152 Å². The molecule has 0 aliphatic heterocycles. The lowest BCUT2D eigenvalue weighted by molar-refractivity contribution is -0.127. The van der Waals surface area contributed by atoms with E-state index in [0.29, 0.717) is 23.8 Å². The van der Waals surface area contributed by atoms with Crippen LogP contribution in [-0.2, 0) is 17.6 Å². The molecule has 0 bridgehead atoms. The van der Waals surface area contributed by atoms with Gasteiger partial charge in [-0.15, -0.1) is 0 Å². The van der Waals surface area contributed by atoms with E-state index in [9.17, 15) is 9.90 Å². The summed E-state index contributed by atoms with van der Waals surface area (Å²) in [6, 6.07) is 15.7. The molecular weight excluding hydrogens is 328 g/mol. The Hall–Kier alpha value is -2.79. The van der Waals surface area contributed by atoms with Crippen molar-refractivity contribution in [1.29, 1.82) is 0 Å². The van der Waals surface area contributed by atoms with Gasteiger partial charge in [-0.1, -0.05) is 42.8 Å². The lowest BCUT2D eigenvalue weighted by Gasteiger charge is -2.08. The average molecular weight is 350 g/mol. The number of nitrogens with zero attached hydrogens (tertiary/aromatic N) is 2. The summed E-state index contributed by atoms with van der Waals surface area (Å²) in [7, 11) is 0. The summed E-state index contributed by atoms with van der Waals surface area (Å²) < 4.78 is 5.57. The molecule has 0 amide bonds. The fourth-order valence-corrected chi connectivity index (χ4v) is 2.76. The maximum atomic E-state index is 12.2. The SMILES string of the molecule is O=C(Cc1ncc(-c2ccccn2)o1)C(O)CCCCc1ccccc1. The minimum absolute atomic E-state index is 0.00726. The lowest BCUT2D eigenvalue weighted by atomic mass is 10.0. The molecule has 0 aliphatic rings. The van der Waals surface area contributed by atoms with Crippen LogP contribution in [0.2, 0.25) is 0 Å². The summed E-state index contributed by atoms with van der Waals surface area (Å²) in [5.41, 5.74) is 1.94. The number of carbonyl (C=O) groups excluding carboxylic acids is 1. The van der Waals surface area contributed by atoms with Crippen LogP contribution in [0.1, 0.15) is 30.7 Å². The summed E-state index contributed by atoms with van der Waals surface area (Å²) in [5, 5.41) is 10.1. The van der Waals surface area contributed by atoms with E-state index >= 15 is 0 Å². The summed E-state index contributed by atoms with van der Waals surface area (Å²) in [6.45, 7) is 0. The molecular formula is C21H22N2O3. The number of rotatable bonds is 9. The van der Waals surface area contributed by atoms with Crippen LogP contribution in [-0.4, -0.2) is 27.0 Å². The number of ketones is 1. The first-order valence-electron chi connectivity index (χ1n) is 8.83. The molecule has 1 N–H and O–H groups in total. The van der Waals surface area contributed by atoms with E-state index in [4.69, 9.17) is 4.42 Å². The third-order valence-electron chi connectivity index (χ3n) is 4.20. The molecule has 1 atom stereocenters. The maximum Gasteiger partial charge on any atom is 0.202 e. The van der Waals surface area contributed by atoms with Crippen molar-refractivity contribution >= 4 is 5.78 Å². The first-order chi connectivity index (χ1) is 12.7. The molecule has 5 heteroatoms. The van der Waals surface area contributed by atoms with Gasteiger partial charge in [0, 0.05) is 6.20 Å². The van der Waals surface area contributed by atoms with Crippen molar-refractivity contribution in [3.8, 4) is 11.5 Å². The number of pyridine rings is 1. The van der Waals surface area contributed by atoms with Crippen molar-refractivity contribution in [2.45, 2.75) is 38.2 Å². The zero-order valence-electron chi connectivity index (χ0n) is 14.5. The normalized spacial score (nSPS) is 12.0. The molecule has 2 aromatic heterocycles. The van der Waals surface area contributed by atoms with Gasteiger partial charge >= 0.3 is 0 Å². The van der Waals surface area contributed by atoms with Gasteiger partial charge in [0.15, 0.2) is 11.5 Å². The smallest absolute Gasteiger partial charge is 0.202 e. The highest BCUT2D eigenvalue weighted by Crippen LogP contribution is 2.18. The van der Waals surface area contributed by atoms with Crippen molar-refractivity contribution in [2.24, 2.45) is 0 Å². The number of hydrogen-bond acceptors (Lipinski definition) is 5. The highest BCUT2D eigenvalue weighted by atomic mass is 16.4. The van der Waals surface area contributed by atoms with Crippen LogP contribution in [0.3, 0.4) is 0 Å². The quantitative estimate of drug-likeness (QED) is 0.597. The molecule has 26 heavy (non-hydrogen) atoms. The Kier molecular flexibility index (Phi) is 6.28. The minimum Gasteiger partial charge on any atom is -0.439 e. The van der Waals surface area contributed by atoms with Crippen LogP contribution >= 0.6 is 0 Å². The molecule has 0 saturated carbocycles. The average Bonchev–Trinajstić information content (AvgIpc) is 3.15. The molecule has 5 nitrogen and oxygen atoms in total. The van der Waals surface area contributed by atoms with Gasteiger partial charge in [0.05, 0.1) is 12.6 Å². The Morgan fingerprint density at radius 3 is 2.62 bits per heavy atom. The Morgan fingerprint density at radius 2 is 1.85 bits per heavy atom. The molecule has 0 fully saturated rings. The second kappa shape index (κ2) is 9.06. The maximum absolute atomic E-state index is 12.2. The monoisotopic (exact) mass is 350 g/mol. The molecule has 3 aromatic rings. The summed E-state index contributed by atoms with van der Waals surface area (Å²) >= 11 is 0. The van der Waals surface area contributed by atoms with E-state index in [1.165, 1.54) is 5.56 Å². The van der Waals surface area contributed by atoms with Crippen LogP contribution < -0.4 is 0 Å². The third kappa shape index (κ3) is 5.10. The number of Topliss-reactive ketones (excluding diaryl/α,β-unsaturated/α-hetero) is 1. The number of aliphatic hydroxyl groups is 1. The van der Waals surface area contributed by atoms with Gasteiger partial charge in [-0.25, -0.2) is 4.98 Å². The Bertz CT molecular complexity index is 816. The van der Waals surface area contributed by atoms with Crippen LogP contribution in [0, 0.1) is 0 Å². The van der Waals surface area contributed by atoms with Gasteiger partial charge in [0.1, 0.15) is 11.8 Å². The predicted octanol–water partition coefficient (Wildman–Crippen LogP) is 3.62. The fourth-order valence-electron chi connectivity index (χ4n) is 2.76. The topological polar surface area (TPSA) is 76.2 Å². The summed E-state index contributed by atoms with van der Waals surface area (Å²) in [6.07, 6.45) is 5.39. The molecule has 134 valence electrons. The molecule has 0 saturated heterocycles. The van der Waals surface area contributed by atoms with E-state index in [-0.39, 0.29) is 12.2 Å². The van der Waals surface area contributed by atoms with Crippen LogP contribution in [0.5, 0.6) is 0 Å². The van der Waals surface area contributed by atoms with E-state index in [1.807, 2.05) is 36.4 Å². The first-order valence-corrected chi connectivity index (χ1v) is 8.83. The van der Waals surface area contributed by atoms with Crippen LogP contribution in [0.4, 0.5) is 0 Å². The number of hydrogen-bond donors (Lipinski definition) is 1. The molecule has 1 unspecified atom stereocenters. The zero-order valence-corrected chi connectivity index (χ0v) is 14.5. The van der Waals surface area contributed by atoms with Crippen LogP contribution in [0.25, 0.3) is 11.5 Å². The van der Waals surface area contributed by atoms with Crippen molar-refractivity contribution in [3.63, 3.8) is 0 Å². The van der Waals surface area contributed by atoms with Crippen molar-refractivity contribution in [2.75, 3.05) is 0 Å². The van der Waals surface area contributed by atoms with Gasteiger partial charge < -0.3 is 9.52 Å². The minimum atomic E-state index is -0.976. The van der Waals surface area contributed by atoms with Crippen molar-refractivity contribution in [1.82, 2.24) is 9.97 Å². The Morgan fingerprint density at radius 1 is 1.04 bits per heavy atom. The van der Waals surface area contributed by atoms with Gasteiger partial charge in [-0.3, -0.25) is 9.78 Å². The Balaban J connectivity index is 1.43. The predicted molar refractivity (Wildman–Crippen MR) is 98.4 cm³/mol. The molecule has 1 aromatic carbocycles. The van der Waals surface area contributed by atoms with E-state index in [1.54, 1.807) is 12.4 Å². The number of aliphatic hydroxyl groups excluding tert-OH is 1. The first kappa shape index (κ1) is 18.0. The number of oxazole rings is 1. The third-order valence-corrected chi connectivity index (χ3v) is 4.20. The number of unbranched alkanes of at least 4 members (excludes halogenated alkanes) is 1. The van der Waals surface area contributed by atoms with Crippen molar-refractivity contribution in [3.05, 3.63) is 72.4 Å². The molecule has 3 rings (SSSR count). The van der Waals surface area contributed by atoms with Gasteiger partial charge in [-0.05, 0) is 37.0 Å².